The summed E-state index contributed by atoms with van der Waals surface area (Å²) in [6.07, 6.45) is 2.20. The summed E-state index contributed by atoms with van der Waals surface area (Å²) in [6.45, 7) is 1.66. The van der Waals surface area contributed by atoms with Crippen molar-refractivity contribution in [1.29, 1.82) is 0 Å². The minimum atomic E-state index is 0.292. The predicted octanol–water partition coefficient (Wildman–Crippen LogP) is 0.689. The summed E-state index contributed by atoms with van der Waals surface area (Å²) in [4.78, 5) is 12.7. The first-order chi connectivity index (χ1) is 4.20. The van der Waals surface area contributed by atoms with Crippen LogP contribution >= 0.6 is 0 Å². The molecule has 0 aromatic heterocycles. The molecule has 0 atom stereocenters. The Morgan fingerprint density at radius 2 is 2.11 bits per heavy atom. The quantitative estimate of drug-likeness (QED) is 0.554. The van der Waals surface area contributed by atoms with Crippen LogP contribution in [0.4, 0.5) is 0 Å². The molecular formula is C7H12NO. The Labute approximate surface area is 55.8 Å². The maximum atomic E-state index is 10.9. The van der Waals surface area contributed by atoms with Gasteiger partial charge in [-0.1, -0.05) is 0 Å². The van der Waals surface area contributed by atoms with Gasteiger partial charge in [0.1, 0.15) is 0 Å². The molecule has 1 radical (unpaired) electrons. The Hall–Kier alpha value is -0.370. The van der Waals surface area contributed by atoms with E-state index in [0.717, 1.165) is 12.8 Å². The number of carbonyl (C=O) groups excluding carboxylic acids is 1. The number of hydrogen-bond donors (Lipinski definition) is 0. The maximum Gasteiger partial charge on any atom is 0.155 e. The second kappa shape index (κ2) is 2.48. The lowest BCUT2D eigenvalue weighted by Gasteiger charge is -2.05. The highest BCUT2D eigenvalue weighted by Crippen LogP contribution is 2.30. The molecule has 0 aliphatic heterocycles. The monoisotopic (exact) mass is 126 g/mol. The molecule has 2 nitrogen and oxygen atoms in total. The van der Waals surface area contributed by atoms with E-state index in [0.29, 0.717) is 11.7 Å². The molecule has 1 aliphatic carbocycles. The first kappa shape index (κ1) is 6.75. The number of Topliss-reactive ketones (excluding diaryl/α,β-unsaturated/α-hetero) is 1. The smallest absolute Gasteiger partial charge is 0.155 e. The lowest BCUT2D eigenvalue weighted by atomic mass is 10.2. The molecule has 0 bridgehead atoms. The minimum absolute atomic E-state index is 0.292. The number of ketones is 1. The van der Waals surface area contributed by atoms with Gasteiger partial charge in [0.25, 0.3) is 0 Å². The molecule has 0 spiro atoms. The minimum Gasteiger partial charge on any atom is -0.298 e. The molecule has 1 rings (SSSR count). The number of rotatable bonds is 3. The molecule has 0 amide bonds. The highest BCUT2D eigenvalue weighted by atomic mass is 16.1. The van der Waals surface area contributed by atoms with Crippen molar-refractivity contribution < 1.29 is 4.79 Å². The molecule has 0 unspecified atom stereocenters. The lowest BCUT2D eigenvalue weighted by Crippen LogP contribution is -2.16. The van der Waals surface area contributed by atoms with Crippen LogP contribution in [-0.4, -0.2) is 24.8 Å². The average molecular weight is 126 g/mol. The fourth-order valence-electron chi connectivity index (χ4n) is 0.728. The van der Waals surface area contributed by atoms with Gasteiger partial charge in [-0.2, -0.15) is 0 Å². The summed E-state index contributed by atoms with van der Waals surface area (Å²) in [5.74, 6) is 0.660. The van der Waals surface area contributed by atoms with Gasteiger partial charge in [-0.3, -0.25) is 9.69 Å². The molecule has 0 aromatic rings. The molecular weight excluding hydrogens is 114 g/mol. The third-order valence-corrected chi connectivity index (χ3v) is 1.37. The molecule has 0 heterocycles. The molecule has 0 aromatic carbocycles. The van der Waals surface area contributed by atoms with Crippen molar-refractivity contribution in [2.24, 2.45) is 5.92 Å². The van der Waals surface area contributed by atoms with Crippen molar-refractivity contribution in [1.82, 2.24) is 4.90 Å². The van der Waals surface area contributed by atoms with E-state index in [9.17, 15) is 4.79 Å². The first-order valence-corrected chi connectivity index (χ1v) is 3.25. The third kappa shape index (κ3) is 2.14. The fourth-order valence-corrected chi connectivity index (χ4v) is 0.728. The molecule has 2 heteroatoms. The maximum absolute atomic E-state index is 10.9. The topological polar surface area (TPSA) is 20.3 Å². The SMILES string of the molecule is CN(C)[CH]C(=O)C1CC1. The van der Waals surface area contributed by atoms with E-state index in [2.05, 4.69) is 0 Å². The van der Waals surface area contributed by atoms with Gasteiger partial charge in [0.2, 0.25) is 0 Å². The van der Waals surface area contributed by atoms with Gasteiger partial charge in [-0.25, -0.2) is 0 Å². The average Bonchev–Trinajstić information content (AvgIpc) is 2.40. The van der Waals surface area contributed by atoms with Gasteiger partial charge < -0.3 is 0 Å². The van der Waals surface area contributed by atoms with Gasteiger partial charge in [-0.05, 0) is 26.9 Å². The number of nitrogens with zero attached hydrogens (tertiary/aromatic N) is 1. The first-order valence-electron chi connectivity index (χ1n) is 3.25. The summed E-state index contributed by atoms with van der Waals surface area (Å²) in [5.41, 5.74) is 0. The second-order valence-electron chi connectivity index (χ2n) is 2.77. The number of carbonyl (C=O) groups is 1. The van der Waals surface area contributed by atoms with Gasteiger partial charge in [-0.15, -0.1) is 0 Å². The van der Waals surface area contributed by atoms with E-state index >= 15 is 0 Å². The molecule has 1 saturated carbocycles. The van der Waals surface area contributed by atoms with Crippen molar-refractivity contribution >= 4 is 5.78 Å². The van der Waals surface area contributed by atoms with E-state index in [1.54, 1.807) is 11.4 Å². The standard InChI is InChI=1S/C7H12NO/c1-8(2)5-7(9)6-3-4-6/h5-6H,3-4H2,1-2H3. The summed E-state index contributed by atoms with van der Waals surface area (Å²) >= 11 is 0. The van der Waals surface area contributed by atoms with E-state index < -0.39 is 0 Å². The van der Waals surface area contributed by atoms with Crippen LogP contribution in [0.15, 0.2) is 0 Å². The van der Waals surface area contributed by atoms with Crippen LogP contribution in [0.1, 0.15) is 12.8 Å². The second-order valence-corrected chi connectivity index (χ2v) is 2.77. The molecule has 51 valence electrons. The zero-order chi connectivity index (χ0) is 6.85. The van der Waals surface area contributed by atoms with Crippen molar-refractivity contribution in [3.63, 3.8) is 0 Å². The zero-order valence-corrected chi connectivity index (χ0v) is 5.92. The summed E-state index contributed by atoms with van der Waals surface area (Å²) < 4.78 is 0. The third-order valence-electron chi connectivity index (χ3n) is 1.37. The summed E-state index contributed by atoms with van der Waals surface area (Å²) in [7, 11) is 3.75. The van der Waals surface area contributed by atoms with Crippen LogP contribution < -0.4 is 0 Å². The Morgan fingerprint density at radius 3 is 2.44 bits per heavy atom. The Bertz CT molecular complexity index is 116. The number of hydrogen-bond acceptors (Lipinski definition) is 2. The highest BCUT2D eigenvalue weighted by molar-refractivity contribution is 5.90. The van der Waals surface area contributed by atoms with Crippen molar-refractivity contribution in [2.45, 2.75) is 12.8 Å². The Morgan fingerprint density at radius 1 is 1.56 bits per heavy atom. The highest BCUT2D eigenvalue weighted by Gasteiger charge is 2.29. The molecule has 1 aliphatic rings. The molecule has 9 heavy (non-hydrogen) atoms. The lowest BCUT2D eigenvalue weighted by molar-refractivity contribution is -0.118. The van der Waals surface area contributed by atoms with Crippen LogP contribution in [0.2, 0.25) is 0 Å². The normalized spacial score (nSPS) is 18.6. The number of likely N-dealkylation sites (N-methyl/N-ethyl adjacent to an activating group) is 1. The van der Waals surface area contributed by atoms with Crippen LogP contribution in [0.25, 0.3) is 0 Å². The molecule has 1 fully saturated rings. The predicted molar refractivity (Wildman–Crippen MR) is 35.7 cm³/mol. The van der Waals surface area contributed by atoms with Crippen molar-refractivity contribution in [3.05, 3.63) is 6.54 Å². The molecule has 0 saturated heterocycles. The Kier molecular flexibility index (Phi) is 1.86. The Balaban J connectivity index is 2.18. The van der Waals surface area contributed by atoms with Crippen molar-refractivity contribution in [2.75, 3.05) is 14.1 Å². The van der Waals surface area contributed by atoms with Gasteiger partial charge in [0, 0.05) is 5.92 Å². The van der Waals surface area contributed by atoms with Gasteiger partial charge in [0.05, 0.1) is 6.54 Å². The van der Waals surface area contributed by atoms with E-state index in [1.807, 2.05) is 14.1 Å². The zero-order valence-electron chi connectivity index (χ0n) is 5.92. The van der Waals surface area contributed by atoms with Crippen LogP contribution in [0, 0.1) is 12.5 Å². The fraction of sp³-hybridized carbons (Fsp3) is 0.714. The van der Waals surface area contributed by atoms with Crippen molar-refractivity contribution in [3.8, 4) is 0 Å². The van der Waals surface area contributed by atoms with E-state index in [-0.39, 0.29) is 0 Å². The summed E-state index contributed by atoms with van der Waals surface area (Å²) in [6, 6.07) is 0. The van der Waals surface area contributed by atoms with E-state index in [1.165, 1.54) is 0 Å². The van der Waals surface area contributed by atoms with Gasteiger partial charge >= 0.3 is 0 Å². The van der Waals surface area contributed by atoms with E-state index in [4.69, 9.17) is 0 Å². The van der Waals surface area contributed by atoms with Crippen LogP contribution in [-0.2, 0) is 4.79 Å². The largest absolute Gasteiger partial charge is 0.298 e. The summed E-state index contributed by atoms with van der Waals surface area (Å²) in [5, 5.41) is 0. The van der Waals surface area contributed by atoms with Gasteiger partial charge in [0.15, 0.2) is 5.78 Å². The molecule has 0 N–H and O–H groups in total. The van der Waals surface area contributed by atoms with Crippen LogP contribution in [0.3, 0.4) is 0 Å². The van der Waals surface area contributed by atoms with Crippen LogP contribution in [0.5, 0.6) is 0 Å².